The van der Waals surface area contributed by atoms with Crippen molar-refractivity contribution in [3.05, 3.63) is 29.8 Å². The summed E-state index contributed by atoms with van der Waals surface area (Å²) in [6, 6.07) is 8.15. The van der Waals surface area contributed by atoms with Crippen LogP contribution in [0.5, 0.6) is 5.75 Å². The van der Waals surface area contributed by atoms with E-state index in [1.165, 1.54) is 5.56 Å². The van der Waals surface area contributed by atoms with Gasteiger partial charge in [-0.1, -0.05) is 12.1 Å². The number of aryl methyl sites for hydroxylation is 1. The van der Waals surface area contributed by atoms with Gasteiger partial charge in [-0.05, 0) is 44.9 Å². The summed E-state index contributed by atoms with van der Waals surface area (Å²) < 4.78 is 16.9. The molecule has 1 aromatic carbocycles. The predicted molar refractivity (Wildman–Crippen MR) is 70.8 cm³/mol. The molecule has 1 aliphatic heterocycles. The van der Waals surface area contributed by atoms with Gasteiger partial charge in [-0.25, -0.2) is 0 Å². The van der Waals surface area contributed by atoms with Gasteiger partial charge in [0.1, 0.15) is 5.75 Å². The maximum atomic E-state index is 5.88. The molecule has 0 spiro atoms. The second-order valence-electron chi connectivity index (χ2n) is 5.13. The summed E-state index contributed by atoms with van der Waals surface area (Å²) in [5, 5.41) is 0. The zero-order chi connectivity index (χ0) is 13.2. The Bertz CT molecular complexity index is 375. The lowest BCUT2D eigenvalue weighted by molar-refractivity contribution is -0.162. The van der Waals surface area contributed by atoms with Crippen LogP contribution < -0.4 is 4.74 Å². The van der Waals surface area contributed by atoms with E-state index in [0.29, 0.717) is 0 Å². The van der Waals surface area contributed by atoms with Crippen LogP contribution >= 0.6 is 0 Å². The highest BCUT2D eigenvalue weighted by Crippen LogP contribution is 2.32. The van der Waals surface area contributed by atoms with E-state index in [2.05, 4.69) is 26.0 Å². The van der Waals surface area contributed by atoms with Crippen LogP contribution in [-0.4, -0.2) is 25.1 Å². The molecular formula is C15H22O3. The first-order valence-electron chi connectivity index (χ1n) is 6.51. The number of hydrogen-bond acceptors (Lipinski definition) is 3. The molecule has 0 saturated carbocycles. The van der Waals surface area contributed by atoms with Gasteiger partial charge in [-0.2, -0.15) is 0 Å². The quantitative estimate of drug-likeness (QED) is 0.821. The molecule has 3 nitrogen and oxygen atoms in total. The van der Waals surface area contributed by atoms with Gasteiger partial charge in [0.25, 0.3) is 0 Å². The van der Waals surface area contributed by atoms with E-state index in [9.17, 15) is 0 Å². The van der Waals surface area contributed by atoms with Gasteiger partial charge >= 0.3 is 0 Å². The normalized spacial score (nSPS) is 26.2. The Morgan fingerprint density at radius 2 is 1.67 bits per heavy atom. The van der Waals surface area contributed by atoms with Crippen LogP contribution in [-0.2, 0) is 15.9 Å². The zero-order valence-electron chi connectivity index (χ0n) is 11.6. The fourth-order valence-electron chi connectivity index (χ4n) is 2.29. The zero-order valence-corrected chi connectivity index (χ0v) is 11.6. The van der Waals surface area contributed by atoms with Crippen LogP contribution in [0.2, 0.25) is 0 Å². The first-order chi connectivity index (χ1) is 8.52. The van der Waals surface area contributed by atoms with Gasteiger partial charge in [0, 0.05) is 6.42 Å². The van der Waals surface area contributed by atoms with Gasteiger partial charge in [0.05, 0.1) is 19.3 Å². The highest BCUT2D eigenvalue weighted by atomic mass is 16.7. The van der Waals surface area contributed by atoms with E-state index in [1.807, 2.05) is 19.1 Å². The third-order valence-electron chi connectivity index (χ3n) is 3.56. The summed E-state index contributed by atoms with van der Waals surface area (Å²) in [5.74, 6) is 0.444. The predicted octanol–water partition coefficient (Wildman–Crippen LogP) is 3.17. The third kappa shape index (κ3) is 3.03. The topological polar surface area (TPSA) is 27.7 Å². The minimum atomic E-state index is -0.446. The Labute approximate surface area is 109 Å². The van der Waals surface area contributed by atoms with Crippen molar-refractivity contribution in [1.29, 1.82) is 0 Å². The molecule has 1 heterocycles. The van der Waals surface area contributed by atoms with Crippen molar-refractivity contribution in [2.24, 2.45) is 0 Å². The minimum absolute atomic E-state index is 0.172. The highest BCUT2D eigenvalue weighted by Gasteiger charge is 2.39. The molecule has 0 aromatic heterocycles. The van der Waals surface area contributed by atoms with Crippen molar-refractivity contribution in [3.63, 3.8) is 0 Å². The van der Waals surface area contributed by atoms with Crippen LogP contribution in [0.3, 0.4) is 0 Å². The molecule has 2 atom stereocenters. The Morgan fingerprint density at radius 3 is 2.17 bits per heavy atom. The maximum Gasteiger partial charge on any atom is 0.166 e. The van der Waals surface area contributed by atoms with E-state index >= 15 is 0 Å². The Balaban J connectivity index is 1.91. The molecule has 0 radical (unpaired) electrons. The molecule has 1 aliphatic rings. The van der Waals surface area contributed by atoms with Crippen LogP contribution in [0, 0.1) is 0 Å². The Kier molecular flexibility index (Phi) is 3.93. The van der Waals surface area contributed by atoms with Crippen molar-refractivity contribution in [2.45, 2.75) is 51.6 Å². The van der Waals surface area contributed by atoms with E-state index in [-0.39, 0.29) is 12.2 Å². The first-order valence-corrected chi connectivity index (χ1v) is 6.51. The molecule has 2 rings (SSSR count). The Hall–Kier alpha value is -1.06. The van der Waals surface area contributed by atoms with Gasteiger partial charge in [0.2, 0.25) is 0 Å². The smallest absolute Gasteiger partial charge is 0.166 e. The summed E-state index contributed by atoms with van der Waals surface area (Å²) in [5.41, 5.74) is 1.27. The van der Waals surface area contributed by atoms with E-state index in [4.69, 9.17) is 14.2 Å². The lowest BCUT2D eigenvalue weighted by Gasteiger charge is -2.23. The molecule has 18 heavy (non-hydrogen) atoms. The van der Waals surface area contributed by atoms with Crippen LogP contribution in [0.1, 0.15) is 32.8 Å². The number of ether oxygens (including phenoxy) is 3. The van der Waals surface area contributed by atoms with Crippen molar-refractivity contribution < 1.29 is 14.2 Å². The van der Waals surface area contributed by atoms with Gasteiger partial charge in [-0.15, -0.1) is 0 Å². The van der Waals surface area contributed by atoms with Crippen LogP contribution in [0.25, 0.3) is 0 Å². The van der Waals surface area contributed by atoms with Crippen LogP contribution in [0.15, 0.2) is 24.3 Å². The molecule has 0 unspecified atom stereocenters. The monoisotopic (exact) mass is 250 g/mol. The molecule has 3 heteroatoms. The van der Waals surface area contributed by atoms with Gasteiger partial charge < -0.3 is 14.2 Å². The molecule has 1 fully saturated rings. The standard InChI is InChI=1S/C15H22O3/c1-11-12(2)18-15(3,17-11)10-9-13-5-7-14(16-4)8-6-13/h5-8,11-12H,9-10H2,1-4H3/t11-,12-/m0/s1. The molecule has 0 N–H and O–H groups in total. The lowest BCUT2D eigenvalue weighted by atomic mass is 10.1. The average molecular weight is 250 g/mol. The summed E-state index contributed by atoms with van der Waals surface area (Å²) in [4.78, 5) is 0. The molecule has 0 bridgehead atoms. The molecule has 0 aliphatic carbocycles. The fraction of sp³-hybridized carbons (Fsp3) is 0.600. The molecule has 1 saturated heterocycles. The van der Waals surface area contributed by atoms with Gasteiger partial charge in [-0.3, -0.25) is 0 Å². The highest BCUT2D eigenvalue weighted by molar-refractivity contribution is 5.27. The SMILES string of the molecule is COc1ccc(CCC2(C)O[C@@H](C)[C@H](C)O2)cc1. The van der Waals surface area contributed by atoms with Crippen LogP contribution in [0.4, 0.5) is 0 Å². The molecule has 1 aromatic rings. The third-order valence-corrected chi connectivity index (χ3v) is 3.56. The summed E-state index contributed by atoms with van der Waals surface area (Å²) in [6.07, 6.45) is 2.16. The van der Waals surface area contributed by atoms with E-state index in [1.54, 1.807) is 7.11 Å². The lowest BCUT2D eigenvalue weighted by Crippen LogP contribution is -2.27. The summed E-state index contributed by atoms with van der Waals surface area (Å²) in [6.45, 7) is 6.14. The number of methoxy groups -OCH3 is 1. The molecule has 0 amide bonds. The average Bonchev–Trinajstić information content (AvgIpc) is 2.62. The summed E-state index contributed by atoms with van der Waals surface area (Å²) in [7, 11) is 1.68. The van der Waals surface area contributed by atoms with Gasteiger partial charge in [0.15, 0.2) is 5.79 Å². The minimum Gasteiger partial charge on any atom is -0.497 e. The molecule has 100 valence electrons. The maximum absolute atomic E-state index is 5.88. The second kappa shape index (κ2) is 5.29. The fourth-order valence-corrected chi connectivity index (χ4v) is 2.29. The summed E-state index contributed by atoms with van der Waals surface area (Å²) >= 11 is 0. The molecular weight excluding hydrogens is 228 g/mol. The van der Waals surface area contributed by atoms with Crippen molar-refractivity contribution in [3.8, 4) is 5.75 Å². The van der Waals surface area contributed by atoms with E-state index in [0.717, 1.165) is 18.6 Å². The largest absolute Gasteiger partial charge is 0.497 e. The van der Waals surface area contributed by atoms with Crippen molar-refractivity contribution >= 4 is 0 Å². The number of benzene rings is 1. The number of hydrogen-bond donors (Lipinski definition) is 0. The number of rotatable bonds is 4. The van der Waals surface area contributed by atoms with Crippen molar-refractivity contribution in [1.82, 2.24) is 0 Å². The van der Waals surface area contributed by atoms with Crippen molar-refractivity contribution in [2.75, 3.05) is 7.11 Å². The van der Waals surface area contributed by atoms with E-state index < -0.39 is 5.79 Å². The second-order valence-corrected chi connectivity index (χ2v) is 5.13. The Morgan fingerprint density at radius 1 is 1.11 bits per heavy atom. The first kappa shape index (κ1) is 13.4.